The quantitative estimate of drug-likeness (QED) is 0.318. The van der Waals surface area contributed by atoms with Gasteiger partial charge in [0.1, 0.15) is 17.0 Å². The van der Waals surface area contributed by atoms with E-state index in [-0.39, 0.29) is 0 Å². The number of aryl methyl sites for hydroxylation is 1. The van der Waals surface area contributed by atoms with Gasteiger partial charge in [0.2, 0.25) is 0 Å². The van der Waals surface area contributed by atoms with E-state index in [0.29, 0.717) is 21.9 Å². The number of fused-ring (bicyclic) bond motifs is 2. The first kappa shape index (κ1) is 22.1. The molecule has 11 heteroatoms. The van der Waals surface area contributed by atoms with E-state index in [1.807, 2.05) is 18.3 Å². The summed E-state index contributed by atoms with van der Waals surface area (Å²) in [4.78, 5) is 33.4. The lowest BCUT2D eigenvalue weighted by molar-refractivity contribution is 0.416. The van der Waals surface area contributed by atoms with Crippen LogP contribution in [0.2, 0.25) is 5.02 Å². The molecule has 0 atom stereocenters. The number of rotatable bonds is 7. The Labute approximate surface area is 210 Å². The van der Waals surface area contributed by atoms with Gasteiger partial charge in [-0.3, -0.25) is 9.97 Å². The van der Waals surface area contributed by atoms with Gasteiger partial charge in [-0.05, 0) is 35.9 Å². The smallest absolute Gasteiger partial charge is 0.196 e. The van der Waals surface area contributed by atoms with Gasteiger partial charge in [0.25, 0.3) is 0 Å². The number of hydrogen-bond acceptors (Lipinski definition) is 9. The summed E-state index contributed by atoms with van der Waals surface area (Å²) in [6, 6.07) is 6.35. The minimum absolute atomic E-state index is 0.364. The van der Waals surface area contributed by atoms with Crippen LogP contribution in [-0.2, 0) is 13.0 Å². The van der Waals surface area contributed by atoms with E-state index < -0.39 is 0 Å². The van der Waals surface area contributed by atoms with Crippen molar-refractivity contribution in [2.75, 3.05) is 18.0 Å². The zero-order valence-electron chi connectivity index (χ0n) is 18.9. The van der Waals surface area contributed by atoms with E-state index in [1.165, 1.54) is 17.3 Å². The fourth-order valence-corrected chi connectivity index (χ4v) is 5.25. The molecule has 6 rings (SSSR count). The lowest BCUT2D eigenvalue weighted by Crippen LogP contribution is -2.58. The van der Waals surface area contributed by atoms with Crippen molar-refractivity contribution in [3.63, 3.8) is 0 Å². The summed E-state index contributed by atoms with van der Waals surface area (Å²) >= 11 is 8.20. The maximum atomic E-state index is 6.75. The number of H-pyrrole nitrogens is 1. The van der Waals surface area contributed by atoms with Gasteiger partial charge in [-0.1, -0.05) is 24.6 Å². The van der Waals surface area contributed by atoms with Crippen molar-refractivity contribution in [1.29, 1.82) is 0 Å². The van der Waals surface area contributed by atoms with Crippen molar-refractivity contribution in [2.45, 2.75) is 36.0 Å². The van der Waals surface area contributed by atoms with Crippen LogP contribution in [0.1, 0.15) is 18.2 Å². The molecule has 2 N–H and O–H groups in total. The van der Waals surface area contributed by atoms with Crippen LogP contribution in [0.15, 0.2) is 59.2 Å². The predicted molar refractivity (Wildman–Crippen MR) is 137 cm³/mol. The Kier molecular flexibility index (Phi) is 5.93. The van der Waals surface area contributed by atoms with Gasteiger partial charge in [0.15, 0.2) is 10.8 Å². The van der Waals surface area contributed by atoms with E-state index in [4.69, 9.17) is 21.6 Å². The van der Waals surface area contributed by atoms with E-state index in [1.54, 1.807) is 24.8 Å². The van der Waals surface area contributed by atoms with Crippen molar-refractivity contribution in [3.8, 4) is 0 Å². The summed E-state index contributed by atoms with van der Waals surface area (Å²) in [6.45, 7) is 4.54. The number of aromatic amines is 1. The maximum Gasteiger partial charge on any atom is 0.196 e. The first-order valence-corrected chi connectivity index (χ1v) is 12.6. The highest BCUT2D eigenvalue weighted by Crippen LogP contribution is 2.38. The highest BCUT2D eigenvalue weighted by Gasteiger charge is 2.31. The van der Waals surface area contributed by atoms with Crippen LogP contribution in [0.4, 0.5) is 5.82 Å². The molecule has 5 aromatic rings. The SMILES string of the molecule is CCc1[nH]c2nc(Sc3cnc4nccnc4c3)nc(N3CC(NCc4cccnc4)C3)c2c1Cl. The van der Waals surface area contributed by atoms with Gasteiger partial charge < -0.3 is 15.2 Å². The molecular formula is C24H22ClN9S. The minimum atomic E-state index is 0.364. The van der Waals surface area contributed by atoms with Crippen molar-refractivity contribution in [3.05, 3.63) is 65.5 Å². The molecule has 0 saturated carbocycles. The predicted octanol–water partition coefficient (Wildman–Crippen LogP) is 4.04. The molecule has 176 valence electrons. The number of nitrogens with zero attached hydrogens (tertiary/aromatic N) is 7. The maximum absolute atomic E-state index is 6.75. The van der Waals surface area contributed by atoms with Crippen molar-refractivity contribution < 1.29 is 0 Å². The highest BCUT2D eigenvalue weighted by atomic mass is 35.5. The Morgan fingerprint density at radius 2 is 2.03 bits per heavy atom. The van der Waals surface area contributed by atoms with Gasteiger partial charge >= 0.3 is 0 Å². The summed E-state index contributed by atoms with van der Waals surface area (Å²) in [5.41, 5.74) is 4.24. The third-order valence-electron chi connectivity index (χ3n) is 5.98. The molecule has 6 heterocycles. The van der Waals surface area contributed by atoms with Crippen LogP contribution in [-0.4, -0.2) is 54.0 Å². The van der Waals surface area contributed by atoms with Crippen molar-refractivity contribution in [2.24, 2.45) is 0 Å². The summed E-state index contributed by atoms with van der Waals surface area (Å²) < 4.78 is 0. The largest absolute Gasteiger partial charge is 0.353 e. The molecule has 0 aliphatic carbocycles. The first-order valence-electron chi connectivity index (χ1n) is 11.4. The van der Waals surface area contributed by atoms with Gasteiger partial charge in [-0.25, -0.2) is 19.9 Å². The second-order valence-corrected chi connectivity index (χ2v) is 9.76. The molecule has 5 aromatic heterocycles. The normalized spacial score (nSPS) is 14.1. The number of halogens is 1. The minimum Gasteiger partial charge on any atom is -0.353 e. The Bertz CT molecular complexity index is 1500. The zero-order valence-corrected chi connectivity index (χ0v) is 20.5. The average Bonchev–Trinajstić information content (AvgIpc) is 3.19. The molecule has 0 spiro atoms. The third-order valence-corrected chi connectivity index (χ3v) is 7.23. The van der Waals surface area contributed by atoms with Crippen LogP contribution in [0.5, 0.6) is 0 Å². The second-order valence-electron chi connectivity index (χ2n) is 8.34. The number of aromatic nitrogens is 7. The number of hydrogen-bond donors (Lipinski definition) is 2. The van der Waals surface area contributed by atoms with Gasteiger partial charge in [-0.2, -0.15) is 0 Å². The second kappa shape index (κ2) is 9.37. The van der Waals surface area contributed by atoms with E-state index in [9.17, 15) is 0 Å². The lowest BCUT2D eigenvalue weighted by Gasteiger charge is -2.41. The highest BCUT2D eigenvalue weighted by molar-refractivity contribution is 7.99. The molecule has 0 aromatic carbocycles. The average molecular weight is 504 g/mol. The van der Waals surface area contributed by atoms with Crippen LogP contribution in [0, 0.1) is 0 Å². The van der Waals surface area contributed by atoms with E-state index in [0.717, 1.165) is 59.0 Å². The van der Waals surface area contributed by atoms with Gasteiger partial charge in [0.05, 0.1) is 10.4 Å². The molecular weight excluding hydrogens is 482 g/mol. The van der Waals surface area contributed by atoms with Crippen molar-refractivity contribution >= 4 is 51.4 Å². The molecule has 35 heavy (non-hydrogen) atoms. The summed E-state index contributed by atoms with van der Waals surface area (Å²) in [7, 11) is 0. The van der Waals surface area contributed by atoms with Gasteiger partial charge in [-0.15, -0.1) is 0 Å². The third kappa shape index (κ3) is 4.40. The Morgan fingerprint density at radius 1 is 1.14 bits per heavy atom. The molecule has 0 unspecified atom stereocenters. The Balaban J connectivity index is 1.27. The fourth-order valence-electron chi connectivity index (χ4n) is 4.13. The monoisotopic (exact) mass is 503 g/mol. The molecule has 0 amide bonds. The number of nitrogens with one attached hydrogen (secondary N) is 2. The van der Waals surface area contributed by atoms with Crippen LogP contribution in [0.25, 0.3) is 22.2 Å². The molecule has 1 aliphatic rings. The van der Waals surface area contributed by atoms with Crippen LogP contribution in [0.3, 0.4) is 0 Å². The lowest BCUT2D eigenvalue weighted by atomic mass is 10.1. The molecule has 1 aliphatic heterocycles. The van der Waals surface area contributed by atoms with E-state index in [2.05, 4.69) is 48.1 Å². The number of anilines is 1. The Hall–Kier alpha value is -3.34. The van der Waals surface area contributed by atoms with Crippen LogP contribution < -0.4 is 10.2 Å². The summed E-state index contributed by atoms with van der Waals surface area (Å²) in [5.74, 6) is 0.853. The Morgan fingerprint density at radius 3 is 2.86 bits per heavy atom. The molecule has 0 bridgehead atoms. The topological polar surface area (TPSA) is 108 Å². The molecule has 0 radical (unpaired) electrons. The first-order chi connectivity index (χ1) is 17.2. The van der Waals surface area contributed by atoms with Gasteiger partial charge in [0, 0.05) is 67.2 Å². The van der Waals surface area contributed by atoms with E-state index >= 15 is 0 Å². The standard InChI is InChI=1S/C24H22ClN9S/c1-2-17-20(25)19-22(31-17)32-24(35-16-8-18-21(30-11-16)28-7-6-27-18)33-23(19)34-12-15(13-34)29-10-14-4-3-5-26-9-14/h3-9,11,15,29H,2,10,12-13H2,1H3,(H,31,32,33). The molecule has 1 saturated heterocycles. The van der Waals surface area contributed by atoms with Crippen molar-refractivity contribution in [1.82, 2.24) is 40.2 Å². The summed E-state index contributed by atoms with van der Waals surface area (Å²) in [6.07, 6.45) is 9.54. The molecule has 1 fully saturated rings. The summed E-state index contributed by atoms with van der Waals surface area (Å²) in [5, 5.41) is 5.80. The number of pyridine rings is 2. The fraction of sp³-hybridized carbons (Fsp3) is 0.250. The molecule has 9 nitrogen and oxygen atoms in total. The zero-order chi connectivity index (χ0) is 23.8. The van der Waals surface area contributed by atoms with Crippen LogP contribution >= 0.6 is 23.4 Å².